The molecule has 0 unspecified atom stereocenters. The molecule has 4 nitrogen and oxygen atoms in total. The normalized spacial score (nSPS) is 11.1. The van der Waals surface area contributed by atoms with E-state index in [1.807, 2.05) is 70.2 Å². The van der Waals surface area contributed by atoms with Crippen molar-refractivity contribution in [2.24, 2.45) is 0 Å². The molecule has 0 amide bonds. The van der Waals surface area contributed by atoms with Crippen LogP contribution >= 0.6 is 7.82 Å². The van der Waals surface area contributed by atoms with Gasteiger partial charge in [0.25, 0.3) is 0 Å². The van der Waals surface area contributed by atoms with E-state index in [0.717, 1.165) is 22.3 Å². The van der Waals surface area contributed by atoms with Gasteiger partial charge >= 0.3 is 7.82 Å². The molecule has 27 heavy (non-hydrogen) atoms. The lowest BCUT2D eigenvalue weighted by molar-refractivity contribution is 0.295. The highest BCUT2D eigenvalue weighted by Crippen LogP contribution is 2.52. The monoisotopic (exact) mass is 382 g/mol. The topological polar surface area (TPSA) is 44.8 Å². The Hall–Kier alpha value is -2.71. The largest absolute Gasteiger partial charge is 0.647 e. The summed E-state index contributed by atoms with van der Waals surface area (Å²) >= 11 is 0. The number of hydrogen-bond acceptors (Lipinski definition) is 4. The zero-order valence-electron chi connectivity index (χ0n) is 15.9. The molecule has 0 atom stereocenters. The summed E-state index contributed by atoms with van der Waals surface area (Å²) in [5.74, 6) is 1.42. The lowest BCUT2D eigenvalue weighted by Gasteiger charge is -2.22. The third-order valence-electron chi connectivity index (χ3n) is 4.18. The van der Waals surface area contributed by atoms with Crippen molar-refractivity contribution < 1.29 is 18.1 Å². The van der Waals surface area contributed by atoms with Crippen molar-refractivity contribution in [2.45, 2.75) is 27.7 Å². The Morgan fingerprint density at radius 2 is 0.963 bits per heavy atom. The van der Waals surface area contributed by atoms with Gasteiger partial charge in [-0.3, -0.25) is 0 Å². The molecule has 0 saturated carbocycles. The second kappa shape index (κ2) is 7.89. The fraction of sp³-hybridized carbons (Fsp3) is 0.182. The molecule has 5 heteroatoms. The molecule has 3 aromatic carbocycles. The first-order chi connectivity index (χ1) is 12.9. The van der Waals surface area contributed by atoms with Crippen LogP contribution in [-0.4, -0.2) is 0 Å². The van der Waals surface area contributed by atoms with E-state index in [1.165, 1.54) is 0 Å². The van der Waals surface area contributed by atoms with Gasteiger partial charge in [-0.25, -0.2) is 0 Å². The summed E-state index contributed by atoms with van der Waals surface area (Å²) in [6, 6.07) is 20.3. The van der Waals surface area contributed by atoms with Gasteiger partial charge in [-0.15, -0.1) is 0 Å². The van der Waals surface area contributed by atoms with Crippen LogP contribution in [0.25, 0.3) is 0 Å². The quantitative estimate of drug-likeness (QED) is 0.453. The highest BCUT2D eigenvalue weighted by Gasteiger charge is 2.35. The molecular weight excluding hydrogens is 359 g/mol. The lowest BCUT2D eigenvalue weighted by atomic mass is 10.1. The van der Waals surface area contributed by atoms with Gasteiger partial charge in [0.15, 0.2) is 0 Å². The third-order valence-corrected chi connectivity index (χ3v) is 5.43. The van der Waals surface area contributed by atoms with E-state index >= 15 is 0 Å². The number of benzene rings is 3. The molecule has 0 aliphatic heterocycles. The standard InChI is InChI=1S/C22H23O4P/c1-16-10-8-11-17(2)21(16)25-27(23,24-20-14-6-5-7-15-20)26-22-18(3)12-9-13-19(22)4/h5-15H,1-4H3. The number of aryl methyl sites for hydroxylation is 4. The molecule has 0 radical (unpaired) electrons. The van der Waals surface area contributed by atoms with E-state index in [-0.39, 0.29) is 0 Å². The van der Waals surface area contributed by atoms with E-state index in [4.69, 9.17) is 13.6 Å². The summed E-state index contributed by atoms with van der Waals surface area (Å²) in [5.41, 5.74) is 3.43. The minimum atomic E-state index is -3.99. The average Bonchev–Trinajstić information content (AvgIpc) is 2.63. The summed E-state index contributed by atoms with van der Waals surface area (Å²) in [5, 5.41) is 0. The highest BCUT2D eigenvalue weighted by molar-refractivity contribution is 7.49. The van der Waals surface area contributed by atoms with Crippen molar-refractivity contribution in [1.29, 1.82) is 0 Å². The van der Waals surface area contributed by atoms with Crippen molar-refractivity contribution in [3.8, 4) is 17.2 Å². The zero-order chi connectivity index (χ0) is 19.4. The van der Waals surface area contributed by atoms with Crippen molar-refractivity contribution >= 4 is 7.82 Å². The molecule has 0 aliphatic rings. The molecule has 0 N–H and O–H groups in total. The zero-order valence-corrected chi connectivity index (χ0v) is 16.8. The molecule has 3 aromatic rings. The number of rotatable bonds is 6. The van der Waals surface area contributed by atoms with Crippen LogP contribution < -0.4 is 13.6 Å². The van der Waals surface area contributed by atoms with Crippen LogP contribution in [-0.2, 0) is 4.57 Å². The summed E-state index contributed by atoms with van der Waals surface area (Å²) in [4.78, 5) is 0. The molecule has 140 valence electrons. The predicted molar refractivity (Wildman–Crippen MR) is 108 cm³/mol. The van der Waals surface area contributed by atoms with Gasteiger partial charge in [0, 0.05) is 0 Å². The maximum atomic E-state index is 13.7. The van der Waals surface area contributed by atoms with Crippen LogP contribution in [0.3, 0.4) is 0 Å². The van der Waals surface area contributed by atoms with E-state index in [0.29, 0.717) is 17.2 Å². The first-order valence-electron chi connectivity index (χ1n) is 8.74. The second-order valence-corrected chi connectivity index (χ2v) is 7.92. The predicted octanol–water partition coefficient (Wildman–Crippen LogP) is 6.57. The summed E-state index contributed by atoms with van der Waals surface area (Å²) in [6.45, 7) is 7.59. The first kappa shape index (κ1) is 19.1. The van der Waals surface area contributed by atoms with Crippen molar-refractivity contribution in [2.75, 3.05) is 0 Å². The van der Waals surface area contributed by atoms with Crippen LogP contribution in [0.4, 0.5) is 0 Å². The van der Waals surface area contributed by atoms with Crippen LogP contribution in [0.5, 0.6) is 17.2 Å². The van der Waals surface area contributed by atoms with Crippen LogP contribution in [0.2, 0.25) is 0 Å². The Morgan fingerprint density at radius 1 is 0.556 bits per heavy atom. The second-order valence-electron chi connectivity index (χ2n) is 6.48. The Bertz CT molecular complexity index is 885. The molecule has 0 spiro atoms. The Kier molecular flexibility index (Phi) is 5.57. The molecular formula is C22H23O4P. The van der Waals surface area contributed by atoms with Crippen LogP contribution in [0.1, 0.15) is 22.3 Å². The number of para-hydroxylation sites is 3. The Morgan fingerprint density at radius 3 is 1.37 bits per heavy atom. The average molecular weight is 382 g/mol. The molecule has 0 bridgehead atoms. The third kappa shape index (κ3) is 4.53. The molecule has 0 fully saturated rings. The molecule has 0 aromatic heterocycles. The van der Waals surface area contributed by atoms with Crippen molar-refractivity contribution in [3.63, 3.8) is 0 Å². The fourth-order valence-electron chi connectivity index (χ4n) is 2.78. The highest BCUT2D eigenvalue weighted by atomic mass is 31.2. The van der Waals surface area contributed by atoms with Gasteiger partial charge in [0.05, 0.1) is 0 Å². The first-order valence-corrected chi connectivity index (χ1v) is 10.2. The molecule has 0 heterocycles. The van der Waals surface area contributed by atoms with E-state index in [9.17, 15) is 4.57 Å². The molecule has 0 saturated heterocycles. The van der Waals surface area contributed by atoms with Crippen LogP contribution in [0, 0.1) is 27.7 Å². The Labute approximate surface area is 160 Å². The number of phosphoric ester groups is 1. The van der Waals surface area contributed by atoms with E-state index in [2.05, 4.69) is 0 Å². The van der Waals surface area contributed by atoms with E-state index in [1.54, 1.807) is 24.3 Å². The van der Waals surface area contributed by atoms with Gasteiger partial charge in [0.1, 0.15) is 17.2 Å². The summed E-state index contributed by atoms with van der Waals surface area (Å²) in [6.07, 6.45) is 0. The van der Waals surface area contributed by atoms with Gasteiger partial charge in [-0.2, -0.15) is 4.57 Å². The summed E-state index contributed by atoms with van der Waals surface area (Å²) < 4.78 is 31.2. The minimum absolute atomic E-state index is 0.415. The van der Waals surface area contributed by atoms with E-state index < -0.39 is 7.82 Å². The summed E-state index contributed by atoms with van der Waals surface area (Å²) in [7, 11) is -3.99. The van der Waals surface area contributed by atoms with Crippen molar-refractivity contribution in [1.82, 2.24) is 0 Å². The van der Waals surface area contributed by atoms with Gasteiger partial charge < -0.3 is 13.6 Å². The molecule has 0 aliphatic carbocycles. The maximum Gasteiger partial charge on any atom is 0.647 e. The van der Waals surface area contributed by atoms with Crippen molar-refractivity contribution in [3.05, 3.63) is 89.0 Å². The van der Waals surface area contributed by atoms with Crippen LogP contribution in [0.15, 0.2) is 66.7 Å². The van der Waals surface area contributed by atoms with Gasteiger partial charge in [0.2, 0.25) is 0 Å². The maximum absolute atomic E-state index is 13.7. The SMILES string of the molecule is Cc1cccc(C)c1OP(=O)(Oc1ccccc1)Oc1c(C)cccc1C. The number of hydrogen-bond donors (Lipinski definition) is 0. The number of phosphoric acid groups is 1. The smallest absolute Gasteiger partial charge is 0.386 e. The minimum Gasteiger partial charge on any atom is -0.386 e. The lowest BCUT2D eigenvalue weighted by Crippen LogP contribution is -2.10. The van der Waals surface area contributed by atoms with Gasteiger partial charge in [-0.05, 0) is 62.1 Å². The molecule has 3 rings (SSSR count). The van der Waals surface area contributed by atoms with Gasteiger partial charge in [-0.1, -0.05) is 54.6 Å². The Balaban J connectivity index is 2.02. The fourth-order valence-corrected chi connectivity index (χ4v) is 4.29.